The van der Waals surface area contributed by atoms with Gasteiger partial charge in [0.1, 0.15) is 0 Å². The molecular formula is C13H24N2O3. The minimum absolute atomic E-state index is 0.0524. The van der Waals surface area contributed by atoms with Crippen LogP contribution in [0, 0.1) is 0 Å². The van der Waals surface area contributed by atoms with Crippen molar-refractivity contribution in [3.05, 3.63) is 0 Å². The summed E-state index contributed by atoms with van der Waals surface area (Å²) in [6.45, 7) is 2.69. The summed E-state index contributed by atoms with van der Waals surface area (Å²) in [5, 5.41) is 12.4. The van der Waals surface area contributed by atoms with Gasteiger partial charge in [-0.2, -0.15) is 0 Å². The number of hydrogen-bond acceptors (Lipinski definition) is 4. The molecule has 1 atom stereocenters. The summed E-state index contributed by atoms with van der Waals surface area (Å²) in [5.74, 6) is 0.152. The second kappa shape index (κ2) is 7.07. The maximum atomic E-state index is 12.3. The Bertz CT molecular complexity index is 261. The van der Waals surface area contributed by atoms with Crippen LogP contribution in [0.1, 0.15) is 32.1 Å². The van der Waals surface area contributed by atoms with Crippen LogP contribution in [0.3, 0.4) is 0 Å². The maximum absolute atomic E-state index is 12.3. The molecule has 0 aromatic carbocycles. The summed E-state index contributed by atoms with van der Waals surface area (Å²) >= 11 is 0. The highest BCUT2D eigenvalue weighted by molar-refractivity contribution is 5.77. The van der Waals surface area contributed by atoms with Crippen LogP contribution in [-0.4, -0.2) is 60.9 Å². The number of nitrogens with zero attached hydrogens (tertiary/aromatic N) is 1. The molecule has 1 heterocycles. The number of aliphatic hydroxyl groups excluding tert-OH is 1. The van der Waals surface area contributed by atoms with Gasteiger partial charge in [0.05, 0.1) is 19.8 Å². The third-order valence-electron chi connectivity index (χ3n) is 3.85. The molecule has 1 aliphatic carbocycles. The number of carbonyl (C=O) groups is 1. The molecule has 5 heteroatoms. The molecule has 0 spiro atoms. The summed E-state index contributed by atoms with van der Waals surface area (Å²) in [7, 11) is 0. The van der Waals surface area contributed by atoms with Gasteiger partial charge in [-0.15, -0.1) is 0 Å². The summed E-state index contributed by atoms with van der Waals surface area (Å²) in [6.07, 6.45) is 5.05. The Morgan fingerprint density at radius 2 is 2.17 bits per heavy atom. The smallest absolute Gasteiger partial charge is 0.224 e. The van der Waals surface area contributed by atoms with Gasteiger partial charge in [-0.05, 0) is 12.8 Å². The molecule has 1 saturated carbocycles. The molecule has 2 rings (SSSR count). The van der Waals surface area contributed by atoms with Crippen LogP contribution in [0.2, 0.25) is 0 Å². The fraction of sp³-hybridized carbons (Fsp3) is 0.923. The molecule has 1 amide bonds. The fourth-order valence-corrected chi connectivity index (χ4v) is 2.91. The van der Waals surface area contributed by atoms with E-state index >= 15 is 0 Å². The highest BCUT2D eigenvalue weighted by Gasteiger charge is 2.28. The van der Waals surface area contributed by atoms with E-state index < -0.39 is 0 Å². The number of amides is 1. The highest BCUT2D eigenvalue weighted by Crippen LogP contribution is 2.24. The van der Waals surface area contributed by atoms with Gasteiger partial charge < -0.3 is 20.1 Å². The Labute approximate surface area is 108 Å². The zero-order chi connectivity index (χ0) is 12.8. The minimum Gasteiger partial charge on any atom is -0.395 e. The predicted molar refractivity (Wildman–Crippen MR) is 68.3 cm³/mol. The van der Waals surface area contributed by atoms with Gasteiger partial charge in [0.15, 0.2) is 0 Å². The van der Waals surface area contributed by atoms with Gasteiger partial charge in [0, 0.05) is 31.6 Å². The zero-order valence-electron chi connectivity index (χ0n) is 10.9. The van der Waals surface area contributed by atoms with E-state index in [1.54, 1.807) is 0 Å². The van der Waals surface area contributed by atoms with Crippen LogP contribution in [0.25, 0.3) is 0 Å². The largest absolute Gasteiger partial charge is 0.395 e. The van der Waals surface area contributed by atoms with E-state index in [9.17, 15) is 4.79 Å². The average molecular weight is 256 g/mol. The Hall–Kier alpha value is -0.650. The van der Waals surface area contributed by atoms with E-state index in [1.807, 2.05) is 4.90 Å². The second-order valence-electron chi connectivity index (χ2n) is 5.18. The fourth-order valence-electron chi connectivity index (χ4n) is 2.91. The van der Waals surface area contributed by atoms with Crippen LogP contribution in [-0.2, 0) is 9.53 Å². The summed E-state index contributed by atoms with van der Waals surface area (Å²) < 4.78 is 5.37. The monoisotopic (exact) mass is 256 g/mol. The Morgan fingerprint density at radius 1 is 1.39 bits per heavy atom. The average Bonchev–Trinajstić information content (AvgIpc) is 2.90. The summed E-state index contributed by atoms with van der Waals surface area (Å²) in [4.78, 5) is 14.2. The van der Waals surface area contributed by atoms with Crippen LogP contribution < -0.4 is 5.32 Å². The van der Waals surface area contributed by atoms with Gasteiger partial charge in [-0.3, -0.25) is 4.79 Å². The van der Waals surface area contributed by atoms with Crippen molar-refractivity contribution in [2.45, 2.75) is 44.2 Å². The van der Waals surface area contributed by atoms with E-state index in [-0.39, 0.29) is 18.6 Å². The van der Waals surface area contributed by atoms with Crippen LogP contribution in [0.15, 0.2) is 0 Å². The third kappa shape index (κ3) is 3.67. The molecule has 0 aromatic rings. The van der Waals surface area contributed by atoms with Gasteiger partial charge >= 0.3 is 0 Å². The molecule has 0 radical (unpaired) electrons. The first-order valence-electron chi connectivity index (χ1n) is 7.02. The van der Waals surface area contributed by atoms with Crippen LogP contribution in [0.5, 0.6) is 0 Å². The van der Waals surface area contributed by atoms with E-state index in [0.29, 0.717) is 25.6 Å². The molecule has 104 valence electrons. The molecule has 0 aromatic heterocycles. The van der Waals surface area contributed by atoms with Crippen LogP contribution >= 0.6 is 0 Å². The number of morpholine rings is 1. The van der Waals surface area contributed by atoms with Crippen molar-refractivity contribution >= 4 is 5.91 Å². The SMILES string of the molecule is O=C(CC1COCCN1)N(CCO)C1CCCC1. The first kappa shape index (κ1) is 13.8. The van der Waals surface area contributed by atoms with Crippen molar-refractivity contribution in [3.63, 3.8) is 0 Å². The lowest BCUT2D eigenvalue weighted by Gasteiger charge is -2.31. The number of carbonyl (C=O) groups excluding carboxylic acids is 1. The summed E-state index contributed by atoms with van der Waals surface area (Å²) in [6, 6.07) is 0.475. The molecule has 18 heavy (non-hydrogen) atoms. The minimum atomic E-state index is 0.0524. The van der Waals surface area contributed by atoms with Crippen molar-refractivity contribution in [2.24, 2.45) is 0 Å². The van der Waals surface area contributed by atoms with Crippen molar-refractivity contribution in [1.82, 2.24) is 10.2 Å². The highest BCUT2D eigenvalue weighted by atomic mass is 16.5. The lowest BCUT2D eigenvalue weighted by atomic mass is 10.1. The van der Waals surface area contributed by atoms with E-state index in [0.717, 1.165) is 26.0 Å². The van der Waals surface area contributed by atoms with Gasteiger partial charge in [-0.25, -0.2) is 0 Å². The predicted octanol–water partition coefficient (Wildman–Crippen LogP) is 0.128. The quantitative estimate of drug-likeness (QED) is 0.734. The lowest BCUT2D eigenvalue weighted by Crippen LogP contribution is -2.47. The number of nitrogens with one attached hydrogen (secondary N) is 1. The van der Waals surface area contributed by atoms with Crippen LogP contribution in [0.4, 0.5) is 0 Å². The Balaban J connectivity index is 1.85. The first-order chi connectivity index (χ1) is 8.81. The topological polar surface area (TPSA) is 61.8 Å². The lowest BCUT2D eigenvalue weighted by molar-refractivity contribution is -0.135. The molecular weight excluding hydrogens is 232 g/mol. The Morgan fingerprint density at radius 3 is 2.78 bits per heavy atom. The van der Waals surface area contributed by atoms with Crippen molar-refractivity contribution in [1.29, 1.82) is 0 Å². The summed E-state index contributed by atoms with van der Waals surface area (Å²) in [5.41, 5.74) is 0. The number of hydrogen-bond donors (Lipinski definition) is 2. The van der Waals surface area contributed by atoms with Gasteiger partial charge in [0.25, 0.3) is 0 Å². The van der Waals surface area contributed by atoms with Crippen molar-refractivity contribution in [2.75, 3.05) is 32.9 Å². The van der Waals surface area contributed by atoms with E-state index in [4.69, 9.17) is 9.84 Å². The molecule has 1 saturated heterocycles. The molecule has 2 fully saturated rings. The maximum Gasteiger partial charge on any atom is 0.224 e. The van der Waals surface area contributed by atoms with E-state index in [2.05, 4.69) is 5.32 Å². The molecule has 2 aliphatic rings. The third-order valence-corrected chi connectivity index (χ3v) is 3.85. The van der Waals surface area contributed by atoms with Gasteiger partial charge in [-0.1, -0.05) is 12.8 Å². The van der Waals surface area contributed by atoms with Crippen molar-refractivity contribution < 1.29 is 14.6 Å². The second-order valence-corrected chi connectivity index (χ2v) is 5.18. The number of aliphatic hydroxyl groups is 1. The standard InChI is InChI=1S/C13H24N2O3/c16-7-6-15(12-3-1-2-4-12)13(17)9-11-10-18-8-5-14-11/h11-12,14,16H,1-10H2. The molecule has 5 nitrogen and oxygen atoms in total. The first-order valence-corrected chi connectivity index (χ1v) is 7.02. The number of ether oxygens (including phenoxy) is 1. The number of rotatable bonds is 5. The zero-order valence-corrected chi connectivity index (χ0v) is 10.9. The van der Waals surface area contributed by atoms with E-state index in [1.165, 1.54) is 12.8 Å². The molecule has 0 bridgehead atoms. The van der Waals surface area contributed by atoms with Gasteiger partial charge in [0.2, 0.25) is 5.91 Å². The molecule has 1 aliphatic heterocycles. The van der Waals surface area contributed by atoms with Crippen molar-refractivity contribution in [3.8, 4) is 0 Å². The Kier molecular flexibility index (Phi) is 5.41. The normalized spacial score (nSPS) is 25.3. The molecule has 2 N–H and O–H groups in total. The molecule has 1 unspecified atom stereocenters.